The number of nitrogens with one attached hydrogen (secondary N) is 1. The van der Waals surface area contributed by atoms with Crippen LogP contribution in [0.5, 0.6) is 0 Å². The van der Waals surface area contributed by atoms with Crippen molar-refractivity contribution in [3.63, 3.8) is 0 Å². The van der Waals surface area contributed by atoms with Crippen molar-refractivity contribution in [2.75, 3.05) is 5.32 Å². The highest BCUT2D eigenvalue weighted by atomic mass is 35.5. The second-order valence-electron chi connectivity index (χ2n) is 3.94. The summed E-state index contributed by atoms with van der Waals surface area (Å²) in [5.41, 5.74) is 2.52. The number of rotatable bonds is 3. The van der Waals surface area contributed by atoms with E-state index in [1.165, 1.54) is 0 Å². The minimum Gasteiger partial charge on any atom is -0.478 e. The maximum Gasteiger partial charge on any atom is 0.337 e. The zero-order chi connectivity index (χ0) is 13.1. The van der Waals surface area contributed by atoms with Crippen LogP contribution < -0.4 is 5.32 Å². The molecule has 0 saturated heterocycles. The van der Waals surface area contributed by atoms with Gasteiger partial charge in [0.05, 0.1) is 11.3 Å². The summed E-state index contributed by atoms with van der Waals surface area (Å²) in [4.78, 5) is 11.1. The molecule has 3 nitrogen and oxygen atoms in total. The van der Waals surface area contributed by atoms with Crippen LogP contribution >= 0.6 is 11.6 Å². The van der Waals surface area contributed by atoms with E-state index >= 15 is 0 Å². The van der Waals surface area contributed by atoms with E-state index in [0.29, 0.717) is 10.7 Å². The fraction of sp³-hybridized carbons (Fsp3) is 0.0714. The van der Waals surface area contributed by atoms with Crippen molar-refractivity contribution in [2.45, 2.75) is 6.92 Å². The Balaban J connectivity index is 2.34. The van der Waals surface area contributed by atoms with Gasteiger partial charge in [-0.15, -0.1) is 0 Å². The van der Waals surface area contributed by atoms with Gasteiger partial charge in [-0.3, -0.25) is 0 Å². The Kier molecular flexibility index (Phi) is 3.53. The number of hydrogen-bond donors (Lipinski definition) is 2. The normalized spacial score (nSPS) is 10.1. The first-order valence-electron chi connectivity index (χ1n) is 5.43. The van der Waals surface area contributed by atoms with Crippen molar-refractivity contribution in [1.82, 2.24) is 0 Å². The summed E-state index contributed by atoms with van der Waals surface area (Å²) in [7, 11) is 0. The number of carboxylic acids is 1. The zero-order valence-corrected chi connectivity index (χ0v) is 10.5. The number of aryl methyl sites for hydroxylation is 1. The first-order chi connectivity index (χ1) is 8.58. The SMILES string of the molecule is Cc1ccc(Nc2ccccc2C(=O)O)cc1Cl. The number of anilines is 2. The molecular formula is C14H12ClNO2. The molecule has 0 unspecified atom stereocenters. The Morgan fingerprint density at radius 2 is 1.94 bits per heavy atom. The molecule has 0 aliphatic carbocycles. The van der Waals surface area contributed by atoms with Crippen LogP contribution in [-0.2, 0) is 0 Å². The number of hydrogen-bond acceptors (Lipinski definition) is 2. The number of carbonyl (C=O) groups is 1. The fourth-order valence-corrected chi connectivity index (χ4v) is 1.79. The third-order valence-corrected chi connectivity index (χ3v) is 3.02. The van der Waals surface area contributed by atoms with Crippen LogP contribution in [0.15, 0.2) is 42.5 Å². The van der Waals surface area contributed by atoms with Crippen LogP contribution in [0.1, 0.15) is 15.9 Å². The van der Waals surface area contributed by atoms with E-state index in [9.17, 15) is 4.79 Å². The third kappa shape index (κ3) is 2.63. The minimum absolute atomic E-state index is 0.231. The molecule has 2 aromatic rings. The van der Waals surface area contributed by atoms with Gasteiger partial charge in [0.2, 0.25) is 0 Å². The van der Waals surface area contributed by atoms with Gasteiger partial charge in [0.15, 0.2) is 0 Å². The van der Waals surface area contributed by atoms with E-state index < -0.39 is 5.97 Å². The van der Waals surface area contributed by atoms with E-state index in [2.05, 4.69) is 5.32 Å². The van der Waals surface area contributed by atoms with E-state index in [0.717, 1.165) is 11.3 Å². The summed E-state index contributed by atoms with van der Waals surface area (Å²) in [6.07, 6.45) is 0. The van der Waals surface area contributed by atoms with Gasteiger partial charge in [-0.2, -0.15) is 0 Å². The molecule has 2 aromatic carbocycles. The zero-order valence-electron chi connectivity index (χ0n) is 9.77. The van der Waals surface area contributed by atoms with Gasteiger partial charge >= 0.3 is 5.97 Å². The highest BCUT2D eigenvalue weighted by Crippen LogP contribution is 2.25. The summed E-state index contributed by atoms with van der Waals surface area (Å²) in [5.74, 6) is -0.962. The molecule has 2 rings (SSSR count). The largest absolute Gasteiger partial charge is 0.478 e. The molecule has 2 N–H and O–H groups in total. The quantitative estimate of drug-likeness (QED) is 0.875. The van der Waals surface area contributed by atoms with Crippen molar-refractivity contribution in [1.29, 1.82) is 0 Å². The number of benzene rings is 2. The van der Waals surface area contributed by atoms with E-state index in [1.807, 2.05) is 19.1 Å². The van der Waals surface area contributed by atoms with Crippen molar-refractivity contribution in [2.24, 2.45) is 0 Å². The lowest BCUT2D eigenvalue weighted by atomic mass is 10.1. The van der Waals surface area contributed by atoms with Gasteiger partial charge in [0, 0.05) is 10.7 Å². The van der Waals surface area contributed by atoms with Crippen LogP contribution in [0, 0.1) is 6.92 Å². The van der Waals surface area contributed by atoms with Gasteiger partial charge < -0.3 is 10.4 Å². The van der Waals surface area contributed by atoms with Crippen molar-refractivity contribution < 1.29 is 9.90 Å². The van der Waals surface area contributed by atoms with Crippen molar-refractivity contribution in [3.05, 3.63) is 58.6 Å². The maximum atomic E-state index is 11.1. The van der Waals surface area contributed by atoms with Gasteiger partial charge in [0.1, 0.15) is 0 Å². The molecule has 0 aromatic heterocycles. The van der Waals surface area contributed by atoms with E-state index in [-0.39, 0.29) is 5.56 Å². The van der Waals surface area contributed by atoms with Gasteiger partial charge in [-0.1, -0.05) is 29.8 Å². The lowest BCUT2D eigenvalue weighted by molar-refractivity contribution is 0.0698. The fourth-order valence-electron chi connectivity index (χ4n) is 1.60. The molecule has 0 spiro atoms. The summed E-state index contributed by atoms with van der Waals surface area (Å²) in [5, 5.41) is 12.8. The van der Waals surface area contributed by atoms with Crippen molar-refractivity contribution in [3.8, 4) is 0 Å². The minimum atomic E-state index is -0.962. The molecule has 4 heteroatoms. The second-order valence-corrected chi connectivity index (χ2v) is 4.35. The van der Waals surface area contributed by atoms with Gasteiger partial charge in [-0.05, 0) is 36.8 Å². The smallest absolute Gasteiger partial charge is 0.337 e. The van der Waals surface area contributed by atoms with Gasteiger partial charge in [-0.25, -0.2) is 4.79 Å². The molecule has 18 heavy (non-hydrogen) atoms. The number of aromatic carboxylic acids is 1. The average molecular weight is 262 g/mol. The highest BCUT2D eigenvalue weighted by Gasteiger charge is 2.09. The lowest BCUT2D eigenvalue weighted by Crippen LogP contribution is -2.02. The van der Waals surface area contributed by atoms with Crippen LogP contribution in [0.25, 0.3) is 0 Å². The summed E-state index contributed by atoms with van der Waals surface area (Å²) >= 11 is 6.03. The molecule has 0 heterocycles. The predicted octanol–water partition coefficient (Wildman–Crippen LogP) is 4.09. The summed E-state index contributed by atoms with van der Waals surface area (Å²) in [6, 6.07) is 12.3. The van der Waals surface area contributed by atoms with E-state index in [1.54, 1.807) is 30.3 Å². The first kappa shape index (κ1) is 12.5. The molecule has 0 bridgehead atoms. The van der Waals surface area contributed by atoms with E-state index in [4.69, 9.17) is 16.7 Å². The Bertz CT molecular complexity index is 596. The molecular weight excluding hydrogens is 250 g/mol. The second kappa shape index (κ2) is 5.10. The number of carboxylic acid groups (broad SMARTS) is 1. The molecule has 0 fully saturated rings. The van der Waals surface area contributed by atoms with Gasteiger partial charge in [0.25, 0.3) is 0 Å². The van der Waals surface area contributed by atoms with Crippen LogP contribution in [0.3, 0.4) is 0 Å². The van der Waals surface area contributed by atoms with Crippen LogP contribution in [0.4, 0.5) is 11.4 Å². The summed E-state index contributed by atoms with van der Waals surface area (Å²) in [6.45, 7) is 1.91. The lowest BCUT2D eigenvalue weighted by Gasteiger charge is -2.10. The standard InChI is InChI=1S/C14H12ClNO2/c1-9-6-7-10(8-12(9)15)16-13-5-3-2-4-11(13)14(17)18/h2-8,16H,1H3,(H,17,18). The maximum absolute atomic E-state index is 11.1. The first-order valence-corrected chi connectivity index (χ1v) is 5.81. The molecule has 0 radical (unpaired) electrons. The number of para-hydroxylation sites is 1. The Hall–Kier alpha value is -2.00. The predicted molar refractivity (Wildman–Crippen MR) is 72.9 cm³/mol. The molecule has 0 saturated carbocycles. The average Bonchev–Trinajstić information content (AvgIpc) is 2.34. The third-order valence-electron chi connectivity index (χ3n) is 2.61. The Morgan fingerprint density at radius 1 is 1.22 bits per heavy atom. The Labute approximate surface area is 110 Å². The molecule has 0 aliphatic heterocycles. The van der Waals surface area contributed by atoms with Crippen LogP contribution in [-0.4, -0.2) is 11.1 Å². The van der Waals surface area contributed by atoms with Crippen molar-refractivity contribution >= 4 is 28.9 Å². The summed E-state index contributed by atoms with van der Waals surface area (Å²) < 4.78 is 0. The highest BCUT2D eigenvalue weighted by molar-refractivity contribution is 6.31. The monoisotopic (exact) mass is 261 g/mol. The van der Waals surface area contributed by atoms with Crippen LogP contribution in [0.2, 0.25) is 5.02 Å². The number of halogens is 1. The topological polar surface area (TPSA) is 49.3 Å². The molecule has 0 amide bonds. The molecule has 0 atom stereocenters. The molecule has 0 aliphatic rings. The molecule has 92 valence electrons. The Morgan fingerprint density at radius 3 is 2.61 bits per heavy atom.